The first-order chi connectivity index (χ1) is 6.75. The standard InChI is InChI=1S/C10H10ClFN2/c11-9-3-1-4-10(12)8(9)7-14-6-2-5-13/h1,3-4,14H,2,6-7H2. The van der Waals surface area contributed by atoms with Crippen LogP contribution < -0.4 is 5.32 Å². The van der Waals surface area contributed by atoms with Crippen LogP contribution in [-0.4, -0.2) is 6.54 Å². The highest BCUT2D eigenvalue weighted by Gasteiger charge is 2.05. The van der Waals surface area contributed by atoms with Gasteiger partial charge in [-0.2, -0.15) is 5.26 Å². The van der Waals surface area contributed by atoms with Crippen molar-refractivity contribution < 1.29 is 4.39 Å². The topological polar surface area (TPSA) is 35.8 Å². The van der Waals surface area contributed by atoms with E-state index < -0.39 is 0 Å². The van der Waals surface area contributed by atoms with Gasteiger partial charge in [-0.1, -0.05) is 17.7 Å². The molecule has 4 heteroatoms. The Labute approximate surface area is 87.3 Å². The molecule has 0 unspecified atom stereocenters. The van der Waals surface area contributed by atoms with Gasteiger partial charge < -0.3 is 5.32 Å². The van der Waals surface area contributed by atoms with E-state index in [1.54, 1.807) is 12.1 Å². The van der Waals surface area contributed by atoms with Crippen molar-refractivity contribution in [2.45, 2.75) is 13.0 Å². The van der Waals surface area contributed by atoms with E-state index in [0.717, 1.165) is 0 Å². The van der Waals surface area contributed by atoms with Crippen LogP contribution in [-0.2, 0) is 6.54 Å². The first kappa shape index (κ1) is 11.0. The zero-order chi connectivity index (χ0) is 10.4. The van der Waals surface area contributed by atoms with E-state index in [0.29, 0.717) is 30.1 Å². The molecule has 1 rings (SSSR count). The fraction of sp³-hybridized carbons (Fsp3) is 0.300. The summed E-state index contributed by atoms with van der Waals surface area (Å²) in [6.45, 7) is 0.897. The number of hydrogen-bond acceptors (Lipinski definition) is 2. The smallest absolute Gasteiger partial charge is 0.129 e. The molecule has 0 aromatic heterocycles. The second-order valence-corrected chi connectivity index (χ2v) is 3.19. The Kier molecular flexibility index (Phi) is 4.37. The number of hydrogen-bond donors (Lipinski definition) is 1. The minimum Gasteiger partial charge on any atom is -0.311 e. The van der Waals surface area contributed by atoms with E-state index in [1.165, 1.54) is 6.07 Å². The van der Waals surface area contributed by atoms with Crippen molar-refractivity contribution in [1.29, 1.82) is 5.26 Å². The molecule has 0 atom stereocenters. The maximum atomic E-state index is 13.2. The molecule has 2 nitrogen and oxygen atoms in total. The highest BCUT2D eigenvalue weighted by atomic mass is 35.5. The van der Waals surface area contributed by atoms with Crippen molar-refractivity contribution in [3.63, 3.8) is 0 Å². The summed E-state index contributed by atoms with van der Waals surface area (Å²) in [5.74, 6) is -0.318. The van der Waals surface area contributed by atoms with Gasteiger partial charge in [0.15, 0.2) is 0 Å². The Morgan fingerprint density at radius 2 is 2.29 bits per heavy atom. The van der Waals surface area contributed by atoms with Crippen LogP contribution in [0.2, 0.25) is 5.02 Å². The molecule has 0 radical (unpaired) electrons. The van der Waals surface area contributed by atoms with Crippen molar-refractivity contribution in [2.24, 2.45) is 0 Å². The van der Waals surface area contributed by atoms with Gasteiger partial charge in [-0.05, 0) is 12.1 Å². The minimum absolute atomic E-state index is 0.318. The molecular formula is C10H10ClFN2. The van der Waals surface area contributed by atoms with Crippen molar-refractivity contribution in [2.75, 3.05) is 6.54 Å². The normalized spacial score (nSPS) is 9.79. The fourth-order valence-corrected chi connectivity index (χ4v) is 1.29. The summed E-state index contributed by atoms with van der Waals surface area (Å²) in [6, 6.07) is 6.57. The summed E-state index contributed by atoms with van der Waals surface area (Å²) in [5, 5.41) is 11.6. The van der Waals surface area contributed by atoms with E-state index in [2.05, 4.69) is 5.32 Å². The van der Waals surface area contributed by atoms with E-state index in [-0.39, 0.29) is 5.82 Å². The number of benzene rings is 1. The minimum atomic E-state index is -0.318. The molecule has 0 bridgehead atoms. The van der Waals surface area contributed by atoms with Crippen LogP contribution >= 0.6 is 11.6 Å². The number of nitrogens with one attached hydrogen (secondary N) is 1. The average Bonchev–Trinajstić information content (AvgIpc) is 2.16. The van der Waals surface area contributed by atoms with Crippen LogP contribution in [0.5, 0.6) is 0 Å². The molecule has 0 fully saturated rings. The van der Waals surface area contributed by atoms with Gasteiger partial charge in [0.2, 0.25) is 0 Å². The third kappa shape index (κ3) is 2.99. The Bertz CT molecular complexity index is 326. The molecule has 1 aromatic rings. The lowest BCUT2D eigenvalue weighted by atomic mass is 10.2. The van der Waals surface area contributed by atoms with Crippen LogP contribution in [0.1, 0.15) is 12.0 Å². The highest BCUT2D eigenvalue weighted by molar-refractivity contribution is 6.31. The second kappa shape index (κ2) is 5.58. The molecule has 0 amide bonds. The van der Waals surface area contributed by atoms with E-state index in [1.807, 2.05) is 6.07 Å². The maximum Gasteiger partial charge on any atom is 0.129 e. The molecule has 0 aliphatic rings. The predicted octanol–water partition coefficient (Wildman–Crippen LogP) is 2.48. The quantitative estimate of drug-likeness (QED) is 0.779. The van der Waals surface area contributed by atoms with Gasteiger partial charge in [0.25, 0.3) is 0 Å². The predicted molar refractivity (Wildman–Crippen MR) is 53.3 cm³/mol. The van der Waals surface area contributed by atoms with Gasteiger partial charge in [0.1, 0.15) is 5.82 Å². The van der Waals surface area contributed by atoms with Crippen LogP contribution in [0.25, 0.3) is 0 Å². The van der Waals surface area contributed by atoms with Crippen LogP contribution in [0, 0.1) is 17.1 Å². The first-order valence-corrected chi connectivity index (χ1v) is 4.64. The molecular weight excluding hydrogens is 203 g/mol. The van der Waals surface area contributed by atoms with Crippen molar-refractivity contribution in [3.05, 3.63) is 34.6 Å². The van der Waals surface area contributed by atoms with Crippen LogP contribution in [0.15, 0.2) is 18.2 Å². The Hall–Kier alpha value is -1.11. The number of rotatable bonds is 4. The molecule has 0 aliphatic heterocycles. The van der Waals surface area contributed by atoms with Gasteiger partial charge in [0.05, 0.1) is 6.07 Å². The Morgan fingerprint density at radius 1 is 1.50 bits per heavy atom. The molecule has 1 N–H and O–H groups in total. The summed E-state index contributed by atoms with van der Waals surface area (Å²) >= 11 is 5.80. The third-order valence-corrected chi connectivity index (χ3v) is 2.13. The van der Waals surface area contributed by atoms with Gasteiger partial charge in [0, 0.05) is 30.1 Å². The molecule has 0 saturated heterocycles. The van der Waals surface area contributed by atoms with Gasteiger partial charge >= 0.3 is 0 Å². The fourth-order valence-electron chi connectivity index (χ4n) is 1.06. The number of nitriles is 1. The summed E-state index contributed by atoms with van der Waals surface area (Å²) in [6.07, 6.45) is 0.409. The van der Waals surface area contributed by atoms with Crippen molar-refractivity contribution >= 4 is 11.6 Å². The Morgan fingerprint density at radius 3 is 2.93 bits per heavy atom. The zero-order valence-corrected chi connectivity index (χ0v) is 8.31. The van der Waals surface area contributed by atoms with E-state index >= 15 is 0 Å². The largest absolute Gasteiger partial charge is 0.311 e. The third-order valence-electron chi connectivity index (χ3n) is 1.78. The molecule has 0 aliphatic carbocycles. The second-order valence-electron chi connectivity index (χ2n) is 2.79. The van der Waals surface area contributed by atoms with Crippen molar-refractivity contribution in [1.82, 2.24) is 5.32 Å². The average molecular weight is 213 g/mol. The summed E-state index contributed by atoms with van der Waals surface area (Å²) in [7, 11) is 0. The molecule has 1 aromatic carbocycles. The van der Waals surface area contributed by atoms with E-state index in [9.17, 15) is 4.39 Å². The van der Waals surface area contributed by atoms with Gasteiger partial charge in [-0.3, -0.25) is 0 Å². The lowest BCUT2D eigenvalue weighted by Crippen LogP contribution is -2.15. The van der Waals surface area contributed by atoms with Crippen LogP contribution in [0.3, 0.4) is 0 Å². The zero-order valence-electron chi connectivity index (χ0n) is 7.56. The maximum absolute atomic E-state index is 13.2. The van der Waals surface area contributed by atoms with E-state index in [4.69, 9.17) is 16.9 Å². The Balaban J connectivity index is 2.54. The molecule has 0 heterocycles. The monoisotopic (exact) mass is 212 g/mol. The summed E-state index contributed by atoms with van der Waals surface area (Å²) in [5.41, 5.74) is 0.451. The molecule has 0 spiro atoms. The number of nitrogens with zero attached hydrogens (tertiary/aromatic N) is 1. The molecule has 14 heavy (non-hydrogen) atoms. The highest BCUT2D eigenvalue weighted by Crippen LogP contribution is 2.18. The first-order valence-electron chi connectivity index (χ1n) is 4.26. The number of halogens is 2. The summed E-state index contributed by atoms with van der Waals surface area (Å²) in [4.78, 5) is 0. The SMILES string of the molecule is N#CCCNCc1c(F)cccc1Cl. The molecule has 0 saturated carbocycles. The summed E-state index contributed by atoms with van der Waals surface area (Å²) < 4.78 is 13.2. The van der Waals surface area contributed by atoms with Crippen LogP contribution in [0.4, 0.5) is 4.39 Å². The lowest BCUT2D eigenvalue weighted by molar-refractivity contribution is 0.590. The molecule has 74 valence electrons. The lowest BCUT2D eigenvalue weighted by Gasteiger charge is -2.05. The van der Waals surface area contributed by atoms with Gasteiger partial charge in [-0.25, -0.2) is 4.39 Å². The van der Waals surface area contributed by atoms with Gasteiger partial charge in [-0.15, -0.1) is 0 Å². The van der Waals surface area contributed by atoms with Crippen molar-refractivity contribution in [3.8, 4) is 6.07 Å².